The van der Waals surface area contributed by atoms with Crippen LogP contribution in [-0.4, -0.2) is 26.5 Å². The lowest BCUT2D eigenvalue weighted by molar-refractivity contribution is 0.104. The minimum absolute atomic E-state index is 0.0667. The maximum absolute atomic E-state index is 12.5. The van der Waals surface area contributed by atoms with Gasteiger partial charge in [-0.2, -0.15) is 0 Å². The van der Waals surface area contributed by atoms with Crippen LogP contribution in [0.2, 0.25) is 5.02 Å². The SMILES string of the molecule is NC(=O)n1c(O)c(C(=O)c2cccs2)c2ncc(Cl)cc21. The lowest BCUT2D eigenvalue weighted by atomic mass is 10.1. The summed E-state index contributed by atoms with van der Waals surface area (Å²) in [4.78, 5) is 28.5. The van der Waals surface area contributed by atoms with Gasteiger partial charge in [0.05, 0.1) is 15.4 Å². The van der Waals surface area contributed by atoms with Gasteiger partial charge < -0.3 is 10.8 Å². The number of pyridine rings is 1. The van der Waals surface area contributed by atoms with Gasteiger partial charge in [-0.25, -0.2) is 9.36 Å². The standard InChI is InChI=1S/C13H8ClN3O3S/c14-6-4-7-10(16-5-6)9(12(19)17(7)13(15)20)11(18)8-2-1-3-21-8/h1-5,19H,(H2,15,20). The molecule has 0 spiro atoms. The minimum Gasteiger partial charge on any atom is -0.494 e. The molecule has 0 atom stereocenters. The molecule has 0 saturated heterocycles. The second-order valence-electron chi connectivity index (χ2n) is 4.20. The average molecular weight is 322 g/mol. The van der Waals surface area contributed by atoms with E-state index in [4.69, 9.17) is 17.3 Å². The summed E-state index contributed by atoms with van der Waals surface area (Å²) in [5.41, 5.74) is 5.54. The molecule has 0 radical (unpaired) electrons. The summed E-state index contributed by atoms with van der Waals surface area (Å²) in [5.74, 6) is -0.965. The van der Waals surface area contributed by atoms with E-state index in [0.717, 1.165) is 4.57 Å². The van der Waals surface area contributed by atoms with Crippen molar-refractivity contribution < 1.29 is 14.7 Å². The molecule has 0 unspecified atom stereocenters. The van der Waals surface area contributed by atoms with Crippen molar-refractivity contribution in [3.8, 4) is 5.88 Å². The molecule has 8 heteroatoms. The van der Waals surface area contributed by atoms with E-state index in [1.807, 2.05) is 0 Å². The number of nitrogens with two attached hydrogens (primary N) is 1. The molecule has 6 nitrogen and oxygen atoms in total. The first-order chi connectivity index (χ1) is 10.0. The monoisotopic (exact) mass is 321 g/mol. The number of hydrogen-bond acceptors (Lipinski definition) is 5. The first kappa shape index (κ1) is 13.6. The average Bonchev–Trinajstić information content (AvgIpc) is 3.02. The molecule has 1 amide bonds. The molecule has 0 aromatic carbocycles. The normalized spacial score (nSPS) is 10.9. The van der Waals surface area contributed by atoms with Crippen LogP contribution in [0.1, 0.15) is 15.2 Å². The zero-order chi connectivity index (χ0) is 15.1. The van der Waals surface area contributed by atoms with Gasteiger partial charge in [-0.15, -0.1) is 11.3 Å². The van der Waals surface area contributed by atoms with Crippen LogP contribution in [0.4, 0.5) is 4.79 Å². The van der Waals surface area contributed by atoms with Gasteiger partial charge in [0.15, 0.2) is 0 Å². The summed E-state index contributed by atoms with van der Waals surface area (Å²) in [5, 5.41) is 12.2. The fraction of sp³-hybridized carbons (Fsp3) is 0. The van der Waals surface area contributed by atoms with Crippen molar-refractivity contribution in [2.24, 2.45) is 5.73 Å². The van der Waals surface area contributed by atoms with Gasteiger partial charge in [0.2, 0.25) is 11.7 Å². The number of aromatic nitrogens is 2. The highest BCUT2D eigenvalue weighted by Crippen LogP contribution is 2.33. The molecular weight excluding hydrogens is 314 g/mol. The lowest BCUT2D eigenvalue weighted by Gasteiger charge is -2.00. The predicted molar refractivity (Wildman–Crippen MR) is 79.1 cm³/mol. The molecular formula is C13H8ClN3O3S. The Morgan fingerprint density at radius 3 is 2.81 bits per heavy atom. The van der Waals surface area contributed by atoms with Crippen LogP contribution in [0.3, 0.4) is 0 Å². The summed E-state index contributed by atoms with van der Waals surface area (Å²) < 4.78 is 0.815. The van der Waals surface area contributed by atoms with Gasteiger partial charge in [0, 0.05) is 6.20 Å². The third-order valence-electron chi connectivity index (χ3n) is 2.94. The Hall–Kier alpha value is -2.38. The van der Waals surface area contributed by atoms with E-state index >= 15 is 0 Å². The van der Waals surface area contributed by atoms with Crippen molar-refractivity contribution in [2.45, 2.75) is 0 Å². The Morgan fingerprint density at radius 2 is 2.19 bits per heavy atom. The number of primary amides is 1. The number of nitrogens with zero attached hydrogens (tertiary/aromatic N) is 2. The number of fused-ring (bicyclic) bond motifs is 1. The molecule has 0 aliphatic carbocycles. The van der Waals surface area contributed by atoms with Crippen LogP contribution in [0.25, 0.3) is 11.0 Å². The number of carbonyl (C=O) groups excluding carboxylic acids is 2. The minimum atomic E-state index is -0.924. The molecule has 0 bridgehead atoms. The van der Waals surface area contributed by atoms with E-state index in [-0.39, 0.29) is 21.6 Å². The summed E-state index contributed by atoms with van der Waals surface area (Å²) in [6.07, 6.45) is 1.33. The largest absolute Gasteiger partial charge is 0.494 e. The highest BCUT2D eigenvalue weighted by atomic mass is 35.5. The Labute approximate surface area is 127 Å². The Balaban J connectivity index is 2.35. The van der Waals surface area contributed by atoms with Crippen LogP contribution < -0.4 is 5.73 Å². The molecule has 106 valence electrons. The smallest absolute Gasteiger partial charge is 0.326 e. The van der Waals surface area contributed by atoms with Crippen LogP contribution in [-0.2, 0) is 0 Å². The van der Waals surface area contributed by atoms with Crippen molar-refractivity contribution in [3.63, 3.8) is 0 Å². The fourth-order valence-electron chi connectivity index (χ4n) is 2.09. The van der Waals surface area contributed by atoms with Gasteiger partial charge in [0.1, 0.15) is 11.1 Å². The number of amides is 1. The Morgan fingerprint density at radius 1 is 1.43 bits per heavy atom. The second-order valence-corrected chi connectivity index (χ2v) is 5.58. The molecule has 0 aliphatic rings. The van der Waals surface area contributed by atoms with Crippen LogP contribution in [0, 0.1) is 0 Å². The van der Waals surface area contributed by atoms with Crippen molar-refractivity contribution in [1.29, 1.82) is 0 Å². The van der Waals surface area contributed by atoms with Gasteiger partial charge in [-0.1, -0.05) is 17.7 Å². The molecule has 3 rings (SSSR count). The number of ketones is 1. The summed E-state index contributed by atoms with van der Waals surface area (Å²) >= 11 is 7.07. The molecule has 3 N–H and O–H groups in total. The van der Waals surface area contributed by atoms with Crippen molar-refractivity contribution >= 4 is 45.8 Å². The predicted octanol–water partition coefficient (Wildman–Crippen LogP) is 2.61. The van der Waals surface area contributed by atoms with Gasteiger partial charge in [0.25, 0.3) is 0 Å². The Kier molecular flexibility index (Phi) is 3.15. The zero-order valence-corrected chi connectivity index (χ0v) is 12.0. The number of aromatic hydroxyl groups is 1. The molecule has 3 aromatic rings. The first-order valence-electron chi connectivity index (χ1n) is 5.77. The van der Waals surface area contributed by atoms with E-state index in [1.165, 1.54) is 23.6 Å². The van der Waals surface area contributed by atoms with E-state index in [1.54, 1.807) is 17.5 Å². The van der Waals surface area contributed by atoms with Crippen LogP contribution in [0.15, 0.2) is 29.8 Å². The number of carbonyl (C=O) groups is 2. The maximum Gasteiger partial charge on any atom is 0.326 e. The molecule has 0 fully saturated rings. The molecule has 0 saturated carbocycles. The third kappa shape index (κ3) is 2.07. The summed E-state index contributed by atoms with van der Waals surface area (Å²) in [7, 11) is 0. The van der Waals surface area contributed by atoms with Crippen molar-refractivity contribution in [2.75, 3.05) is 0 Å². The van der Waals surface area contributed by atoms with E-state index in [2.05, 4.69) is 4.98 Å². The first-order valence-corrected chi connectivity index (χ1v) is 7.03. The van der Waals surface area contributed by atoms with Crippen molar-refractivity contribution in [3.05, 3.63) is 45.2 Å². The molecule has 0 aliphatic heterocycles. The number of rotatable bonds is 2. The number of halogens is 1. The second kappa shape index (κ2) is 4.87. The van der Waals surface area contributed by atoms with Crippen LogP contribution in [0.5, 0.6) is 5.88 Å². The van der Waals surface area contributed by atoms with Crippen LogP contribution >= 0.6 is 22.9 Å². The van der Waals surface area contributed by atoms with E-state index < -0.39 is 17.7 Å². The lowest BCUT2D eigenvalue weighted by Crippen LogP contribution is -2.19. The van der Waals surface area contributed by atoms with E-state index in [0.29, 0.717) is 4.88 Å². The summed E-state index contributed by atoms with van der Waals surface area (Å²) in [6.45, 7) is 0. The van der Waals surface area contributed by atoms with Gasteiger partial charge in [-0.3, -0.25) is 9.78 Å². The highest BCUT2D eigenvalue weighted by molar-refractivity contribution is 7.12. The molecule has 21 heavy (non-hydrogen) atoms. The number of thiophene rings is 1. The quantitative estimate of drug-likeness (QED) is 0.709. The third-order valence-corrected chi connectivity index (χ3v) is 4.02. The van der Waals surface area contributed by atoms with Gasteiger partial charge in [-0.05, 0) is 17.5 Å². The molecule has 3 heterocycles. The molecule has 3 aromatic heterocycles. The summed E-state index contributed by atoms with van der Waals surface area (Å²) in [6, 6.07) is 3.83. The maximum atomic E-state index is 12.5. The fourth-order valence-corrected chi connectivity index (χ4v) is 2.91. The van der Waals surface area contributed by atoms with E-state index in [9.17, 15) is 14.7 Å². The number of hydrogen-bond donors (Lipinski definition) is 2. The van der Waals surface area contributed by atoms with Crippen molar-refractivity contribution in [1.82, 2.24) is 9.55 Å². The topological polar surface area (TPSA) is 98.2 Å². The zero-order valence-electron chi connectivity index (χ0n) is 10.4. The Bertz CT molecular complexity index is 871. The highest BCUT2D eigenvalue weighted by Gasteiger charge is 2.27. The van der Waals surface area contributed by atoms with Gasteiger partial charge >= 0.3 is 6.03 Å².